The number of hydrogen-bond donors (Lipinski definition) is 1. The summed E-state index contributed by atoms with van der Waals surface area (Å²) in [5, 5.41) is 9.43. The highest BCUT2D eigenvalue weighted by Crippen LogP contribution is 2.22. The first-order chi connectivity index (χ1) is 14.5. The van der Waals surface area contributed by atoms with E-state index in [-0.39, 0.29) is 6.61 Å². The van der Waals surface area contributed by atoms with E-state index < -0.39 is 11.9 Å². The molecule has 30 heavy (non-hydrogen) atoms. The van der Waals surface area contributed by atoms with Crippen molar-refractivity contribution in [1.82, 2.24) is 0 Å². The number of ether oxygens (including phenoxy) is 3. The van der Waals surface area contributed by atoms with Gasteiger partial charge in [-0.15, -0.1) is 0 Å². The van der Waals surface area contributed by atoms with Crippen LogP contribution in [0, 0.1) is 6.92 Å². The molecular formula is C24H28O6. The zero-order valence-electron chi connectivity index (χ0n) is 17.3. The molecule has 0 aliphatic carbocycles. The monoisotopic (exact) mass is 412 g/mol. The summed E-state index contributed by atoms with van der Waals surface area (Å²) in [4.78, 5) is 23.2. The smallest absolute Gasteiger partial charge is 0.343 e. The van der Waals surface area contributed by atoms with Crippen molar-refractivity contribution >= 4 is 11.9 Å². The first kappa shape index (κ1) is 23.2. The molecule has 0 saturated carbocycles. The number of esters is 2. The van der Waals surface area contributed by atoms with Crippen molar-refractivity contribution in [1.29, 1.82) is 0 Å². The van der Waals surface area contributed by atoms with Gasteiger partial charge >= 0.3 is 11.9 Å². The molecule has 160 valence electrons. The van der Waals surface area contributed by atoms with Crippen LogP contribution in [-0.4, -0.2) is 30.3 Å². The van der Waals surface area contributed by atoms with Gasteiger partial charge in [0.05, 0.1) is 25.4 Å². The Bertz CT molecular complexity index is 841. The molecule has 0 radical (unpaired) electrons. The molecule has 2 aromatic rings. The summed E-state index contributed by atoms with van der Waals surface area (Å²) in [6.45, 7) is 6.03. The van der Waals surface area contributed by atoms with Gasteiger partial charge in [-0.2, -0.15) is 0 Å². The number of aliphatic hydroxyl groups is 1. The molecule has 6 heteroatoms. The van der Waals surface area contributed by atoms with E-state index in [0.717, 1.165) is 37.3 Å². The van der Waals surface area contributed by atoms with Crippen molar-refractivity contribution in [3.63, 3.8) is 0 Å². The fourth-order valence-corrected chi connectivity index (χ4v) is 2.76. The van der Waals surface area contributed by atoms with Gasteiger partial charge in [-0.25, -0.2) is 9.59 Å². The normalized spacial score (nSPS) is 10.3. The summed E-state index contributed by atoms with van der Waals surface area (Å²) in [7, 11) is 0. The van der Waals surface area contributed by atoms with E-state index in [1.165, 1.54) is 0 Å². The van der Waals surface area contributed by atoms with E-state index in [1.54, 1.807) is 36.4 Å². The first-order valence-electron chi connectivity index (χ1n) is 9.98. The molecule has 0 aliphatic heterocycles. The standard InChI is InChI=1S/C24H28O6/c1-3-23(26)29-15-7-5-4-6-14-28-21-11-9-19(10-12-21)24(27)30-22-13-8-18(2)16-20(22)17-25/h3,8-13,16,25H,1,4-7,14-15,17H2,2H3. The molecule has 0 bridgehead atoms. The Morgan fingerprint density at radius 3 is 2.37 bits per heavy atom. The van der Waals surface area contributed by atoms with Crippen LogP contribution in [-0.2, 0) is 16.1 Å². The van der Waals surface area contributed by atoms with Crippen molar-refractivity contribution in [3.8, 4) is 11.5 Å². The number of rotatable bonds is 12. The molecule has 0 saturated heterocycles. The highest BCUT2D eigenvalue weighted by atomic mass is 16.5. The van der Waals surface area contributed by atoms with Crippen LogP contribution in [0.25, 0.3) is 0 Å². The Labute approximate surface area is 177 Å². The molecule has 0 aliphatic rings. The lowest BCUT2D eigenvalue weighted by Gasteiger charge is -2.10. The molecule has 1 N–H and O–H groups in total. The lowest BCUT2D eigenvalue weighted by Crippen LogP contribution is -2.10. The minimum atomic E-state index is -0.489. The second kappa shape index (κ2) is 12.4. The third-order valence-corrected chi connectivity index (χ3v) is 4.40. The van der Waals surface area contributed by atoms with Crippen LogP contribution in [0.5, 0.6) is 11.5 Å². The van der Waals surface area contributed by atoms with Crippen molar-refractivity contribution in [3.05, 3.63) is 71.8 Å². The fraction of sp³-hybridized carbons (Fsp3) is 0.333. The predicted octanol–water partition coefficient (Wildman–Crippen LogP) is 4.37. The topological polar surface area (TPSA) is 82.1 Å². The maximum Gasteiger partial charge on any atom is 0.343 e. The maximum atomic E-state index is 12.3. The number of carbonyl (C=O) groups is 2. The number of benzene rings is 2. The van der Waals surface area contributed by atoms with E-state index in [2.05, 4.69) is 6.58 Å². The van der Waals surface area contributed by atoms with Crippen LogP contribution >= 0.6 is 0 Å². The second-order valence-electron chi connectivity index (χ2n) is 6.82. The molecule has 0 spiro atoms. The first-order valence-corrected chi connectivity index (χ1v) is 9.98. The van der Waals surface area contributed by atoms with E-state index in [1.807, 2.05) is 13.0 Å². The zero-order valence-corrected chi connectivity index (χ0v) is 17.3. The Morgan fingerprint density at radius 2 is 1.70 bits per heavy atom. The Kier molecular flexibility index (Phi) is 9.61. The quantitative estimate of drug-likeness (QED) is 0.241. The minimum absolute atomic E-state index is 0.197. The van der Waals surface area contributed by atoms with Gasteiger partial charge in [0, 0.05) is 11.6 Å². The lowest BCUT2D eigenvalue weighted by molar-refractivity contribution is -0.137. The van der Waals surface area contributed by atoms with Crippen LogP contribution in [0.15, 0.2) is 55.1 Å². The summed E-state index contributed by atoms with van der Waals surface area (Å²) >= 11 is 0. The van der Waals surface area contributed by atoms with Gasteiger partial charge in [-0.1, -0.05) is 24.3 Å². The Balaban J connectivity index is 1.71. The largest absolute Gasteiger partial charge is 0.494 e. The van der Waals surface area contributed by atoms with Crippen LogP contribution in [0.3, 0.4) is 0 Å². The Hall–Kier alpha value is -3.12. The Morgan fingerprint density at radius 1 is 1.00 bits per heavy atom. The molecular weight excluding hydrogens is 384 g/mol. The van der Waals surface area contributed by atoms with Crippen molar-refractivity contribution in [2.75, 3.05) is 13.2 Å². The third kappa shape index (κ3) is 7.72. The SMILES string of the molecule is C=CC(=O)OCCCCCCOc1ccc(C(=O)Oc2ccc(C)cc2CO)cc1. The number of aliphatic hydroxyl groups excluding tert-OH is 1. The average Bonchev–Trinajstić information content (AvgIpc) is 2.76. The summed E-state index contributed by atoms with van der Waals surface area (Å²) in [6, 6.07) is 12.1. The fourth-order valence-electron chi connectivity index (χ4n) is 2.76. The molecule has 2 aromatic carbocycles. The molecule has 6 nitrogen and oxygen atoms in total. The van der Waals surface area contributed by atoms with Gasteiger partial charge in [0.15, 0.2) is 0 Å². The average molecular weight is 412 g/mol. The van der Waals surface area contributed by atoms with Gasteiger partial charge in [0.2, 0.25) is 0 Å². The number of carbonyl (C=O) groups excluding carboxylic acids is 2. The lowest BCUT2D eigenvalue weighted by atomic mass is 10.1. The maximum absolute atomic E-state index is 12.3. The molecule has 0 fully saturated rings. The minimum Gasteiger partial charge on any atom is -0.494 e. The number of unbranched alkanes of at least 4 members (excludes halogenated alkanes) is 3. The van der Waals surface area contributed by atoms with Crippen LogP contribution in [0.4, 0.5) is 0 Å². The van der Waals surface area contributed by atoms with Gasteiger partial charge < -0.3 is 19.3 Å². The van der Waals surface area contributed by atoms with E-state index >= 15 is 0 Å². The van der Waals surface area contributed by atoms with Crippen LogP contribution in [0.2, 0.25) is 0 Å². The third-order valence-electron chi connectivity index (χ3n) is 4.40. The highest BCUT2D eigenvalue weighted by Gasteiger charge is 2.12. The highest BCUT2D eigenvalue weighted by molar-refractivity contribution is 5.91. The van der Waals surface area contributed by atoms with Crippen LogP contribution in [0.1, 0.15) is 47.2 Å². The number of aryl methyl sites for hydroxylation is 1. The summed E-state index contributed by atoms with van der Waals surface area (Å²) in [5.74, 6) is 0.154. The molecule has 2 rings (SSSR count). The summed E-state index contributed by atoms with van der Waals surface area (Å²) in [5.41, 5.74) is 1.96. The van der Waals surface area contributed by atoms with E-state index in [0.29, 0.717) is 35.8 Å². The molecule has 0 amide bonds. The van der Waals surface area contributed by atoms with Crippen LogP contribution < -0.4 is 9.47 Å². The predicted molar refractivity (Wildman–Crippen MR) is 114 cm³/mol. The van der Waals surface area contributed by atoms with E-state index in [9.17, 15) is 14.7 Å². The van der Waals surface area contributed by atoms with Gasteiger partial charge in [0.1, 0.15) is 11.5 Å². The van der Waals surface area contributed by atoms with Gasteiger partial charge in [-0.3, -0.25) is 0 Å². The molecule has 0 aromatic heterocycles. The van der Waals surface area contributed by atoms with E-state index in [4.69, 9.17) is 14.2 Å². The van der Waals surface area contributed by atoms with Crippen molar-refractivity contribution in [2.24, 2.45) is 0 Å². The summed E-state index contributed by atoms with van der Waals surface area (Å²) < 4.78 is 16.0. The van der Waals surface area contributed by atoms with Crippen molar-refractivity contribution in [2.45, 2.75) is 39.2 Å². The van der Waals surface area contributed by atoms with Gasteiger partial charge in [0.25, 0.3) is 0 Å². The number of hydrogen-bond acceptors (Lipinski definition) is 6. The summed E-state index contributed by atoms with van der Waals surface area (Å²) in [6.07, 6.45) is 4.78. The molecule has 0 atom stereocenters. The zero-order chi connectivity index (χ0) is 21.8. The van der Waals surface area contributed by atoms with Gasteiger partial charge in [-0.05, 0) is 62.9 Å². The molecule has 0 unspecified atom stereocenters. The second-order valence-corrected chi connectivity index (χ2v) is 6.82. The molecule has 0 heterocycles. The van der Waals surface area contributed by atoms with Crippen molar-refractivity contribution < 1.29 is 28.9 Å².